The van der Waals surface area contributed by atoms with Crippen molar-refractivity contribution >= 4 is 11.6 Å². The van der Waals surface area contributed by atoms with Gasteiger partial charge in [-0.15, -0.1) is 0 Å². The average molecular weight is 231 g/mol. The van der Waals surface area contributed by atoms with E-state index in [1.54, 1.807) is 24.4 Å². The lowest BCUT2D eigenvalue weighted by atomic mass is 10.1. The Morgan fingerprint density at radius 1 is 1.41 bits per heavy atom. The molecule has 1 aromatic carbocycles. The van der Waals surface area contributed by atoms with Crippen LogP contribution in [0.3, 0.4) is 0 Å². The van der Waals surface area contributed by atoms with Crippen molar-refractivity contribution in [3.8, 4) is 0 Å². The minimum atomic E-state index is -0.0769. The molecule has 0 radical (unpaired) electrons. The zero-order valence-electron chi connectivity index (χ0n) is 9.22. The normalized spacial score (nSPS) is 10.1. The lowest BCUT2D eigenvalue weighted by Crippen LogP contribution is -2.24. The molecule has 2 rings (SSSR count). The topological polar surface area (TPSA) is 81.2 Å². The van der Waals surface area contributed by atoms with Crippen molar-refractivity contribution in [2.45, 2.75) is 13.0 Å². The van der Waals surface area contributed by atoms with Crippen molar-refractivity contribution in [2.75, 3.05) is 5.73 Å². The molecule has 0 aliphatic rings. The Morgan fingerprint density at radius 3 is 3.00 bits per heavy atom. The molecule has 88 valence electrons. The first-order valence-corrected chi connectivity index (χ1v) is 5.25. The quantitative estimate of drug-likeness (QED) is 0.772. The Balaban J connectivity index is 1.85. The molecule has 5 nitrogen and oxygen atoms in total. The predicted octanol–water partition coefficient (Wildman–Crippen LogP) is 1.12. The van der Waals surface area contributed by atoms with Crippen LogP contribution in [-0.2, 0) is 17.8 Å². The summed E-state index contributed by atoms with van der Waals surface area (Å²) in [4.78, 5) is 11.6. The van der Waals surface area contributed by atoms with Crippen molar-refractivity contribution < 1.29 is 9.32 Å². The highest BCUT2D eigenvalue weighted by atomic mass is 16.5. The Hall–Kier alpha value is -2.30. The fraction of sp³-hybridized carbons (Fsp3) is 0.167. The van der Waals surface area contributed by atoms with Crippen molar-refractivity contribution in [1.29, 1.82) is 0 Å². The maximum absolute atomic E-state index is 11.6. The molecule has 0 bridgehead atoms. The van der Waals surface area contributed by atoms with Crippen LogP contribution in [0.4, 0.5) is 5.69 Å². The smallest absolute Gasteiger partial charge is 0.224 e. The Labute approximate surface area is 98.6 Å². The fourth-order valence-corrected chi connectivity index (χ4v) is 1.47. The van der Waals surface area contributed by atoms with Gasteiger partial charge in [0.1, 0.15) is 0 Å². The number of carbonyl (C=O) groups excluding carboxylic acids is 1. The number of carbonyl (C=O) groups is 1. The van der Waals surface area contributed by atoms with E-state index in [9.17, 15) is 4.79 Å². The van der Waals surface area contributed by atoms with Crippen LogP contribution in [0, 0.1) is 0 Å². The molecule has 0 saturated carbocycles. The summed E-state index contributed by atoms with van der Waals surface area (Å²) in [5.74, 6) is 0.554. The highest BCUT2D eigenvalue weighted by Crippen LogP contribution is 2.07. The molecule has 0 unspecified atom stereocenters. The zero-order chi connectivity index (χ0) is 12.1. The molecule has 3 N–H and O–H groups in total. The monoisotopic (exact) mass is 231 g/mol. The molecular weight excluding hydrogens is 218 g/mol. The molecule has 0 saturated heterocycles. The van der Waals surface area contributed by atoms with Crippen molar-refractivity contribution in [3.63, 3.8) is 0 Å². The summed E-state index contributed by atoms with van der Waals surface area (Å²) in [5.41, 5.74) is 7.18. The van der Waals surface area contributed by atoms with Crippen LogP contribution in [0.2, 0.25) is 0 Å². The number of hydrogen-bond donors (Lipinski definition) is 2. The zero-order valence-corrected chi connectivity index (χ0v) is 9.22. The van der Waals surface area contributed by atoms with E-state index in [0.29, 0.717) is 24.4 Å². The van der Waals surface area contributed by atoms with Gasteiger partial charge in [-0.05, 0) is 17.7 Å². The molecule has 5 heteroatoms. The maximum Gasteiger partial charge on any atom is 0.224 e. The van der Waals surface area contributed by atoms with Crippen molar-refractivity contribution in [2.24, 2.45) is 0 Å². The third kappa shape index (κ3) is 3.34. The summed E-state index contributed by atoms with van der Waals surface area (Å²) in [6.45, 7) is 0.348. The summed E-state index contributed by atoms with van der Waals surface area (Å²) in [6, 6.07) is 8.98. The molecule has 17 heavy (non-hydrogen) atoms. The third-order valence-electron chi connectivity index (χ3n) is 2.27. The molecule has 1 heterocycles. The van der Waals surface area contributed by atoms with Gasteiger partial charge in [-0.1, -0.05) is 17.3 Å². The van der Waals surface area contributed by atoms with Gasteiger partial charge in [-0.25, -0.2) is 0 Å². The van der Waals surface area contributed by atoms with Crippen LogP contribution in [0.15, 0.2) is 41.1 Å². The number of benzene rings is 1. The van der Waals surface area contributed by atoms with E-state index in [4.69, 9.17) is 10.3 Å². The van der Waals surface area contributed by atoms with Crippen LogP contribution in [0.25, 0.3) is 0 Å². The minimum Gasteiger partial charge on any atom is -0.399 e. The summed E-state index contributed by atoms with van der Waals surface area (Å²) >= 11 is 0. The maximum atomic E-state index is 11.6. The second-order valence-electron chi connectivity index (χ2n) is 3.68. The predicted molar refractivity (Wildman–Crippen MR) is 62.9 cm³/mol. The van der Waals surface area contributed by atoms with Gasteiger partial charge in [0.25, 0.3) is 0 Å². The number of nitrogens with two attached hydrogens (primary N) is 1. The fourth-order valence-electron chi connectivity index (χ4n) is 1.47. The van der Waals surface area contributed by atoms with Crippen molar-refractivity contribution in [1.82, 2.24) is 10.5 Å². The van der Waals surface area contributed by atoms with Crippen LogP contribution >= 0.6 is 0 Å². The lowest BCUT2D eigenvalue weighted by Gasteiger charge is -2.03. The SMILES string of the molecule is Nc1cccc(CC(=O)NCc2ccno2)c1. The number of rotatable bonds is 4. The molecule has 1 aromatic heterocycles. The van der Waals surface area contributed by atoms with Crippen molar-refractivity contribution in [3.05, 3.63) is 47.9 Å². The van der Waals surface area contributed by atoms with Gasteiger partial charge in [-0.3, -0.25) is 4.79 Å². The number of nitrogens with one attached hydrogen (secondary N) is 1. The molecule has 0 aliphatic heterocycles. The van der Waals surface area contributed by atoms with E-state index in [1.807, 2.05) is 12.1 Å². The van der Waals surface area contributed by atoms with Crippen LogP contribution in [-0.4, -0.2) is 11.1 Å². The molecule has 0 aliphatic carbocycles. The van der Waals surface area contributed by atoms with E-state index in [1.165, 1.54) is 0 Å². The summed E-state index contributed by atoms with van der Waals surface area (Å²) in [6.07, 6.45) is 1.85. The Morgan fingerprint density at radius 2 is 2.29 bits per heavy atom. The largest absolute Gasteiger partial charge is 0.399 e. The van der Waals surface area contributed by atoms with Gasteiger partial charge in [0.05, 0.1) is 19.2 Å². The third-order valence-corrected chi connectivity index (χ3v) is 2.27. The van der Waals surface area contributed by atoms with Gasteiger partial charge >= 0.3 is 0 Å². The van der Waals surface area contributed by atoms with Crippen LogP contribution in [0.5, 0.6) is 0 Å². The highest BCUT2D eigenvalue weighted by molar-refractivity contribution is 5.78. The van der Waals surface area contributed by atoms with Gasteiger partial charge in [0.15, 0.2) is 5.76 Å². The minimum absolute atomic E-state index is 0.0769. The molecule has 1 amide bonds. The summed E-state index contributed by atoms with van der Waals surface area (Å²) in [5, 5.41) is 6.29. The lowest BCUT2D eigenvalue weighted by molar-refractivity contribution is -0.120. The van der Waals surface area contributed by atoms with Gasteiger partial charge in [-0.2, -0.15) is 0 Å². The van der Waals surface area contributed by atoms with Crippen LogP contribution < -0.4 is 11.1 Å². The van der Waals surface area contributed by atoms with Gasteiger partial charge in [0, 0.05) is 11.8 Å². The van der Waals surface area contributed by atoms with E-state index in [0.717, 1.165) is 5.56 Å². The summed E-state index contributed by atoms with van der Waals surface area (Å²) < 4.78 is 4.87. The standard InChI is InChI=1S/C12H13N3O2/c13-10-3-1-2-9(6-10)7-12(16)14-8-11-4-5-15-17-11/h1-6H,7-8,13H2,(H,14,16). The average Bonchev–Trinajstić information content (AvgIpc) is 2.79. The van der Waals surface area contributed by atoms with Gasteiger partial charge in [0.2, 0.25) is 5.91 Å². The first-order chi connectivity index (χ1) is 8.24. The first kappa shape index (κ1) is 11.2. The molecular formula is C12H13N3O2. The van der Waals surface area contributed by atoms with Crippen LogP contribution in [0.1, 0.15) is 11.3 Å². The highest BCUT2D eigenvalue weighted by Gasteiger charge is 2.04. The Bertz CT molecular complexity index is 494. The number of nitrogen functional groups attached to an aromatic ring is 1. The second-order valence-corrected chi connectivity index (χ2v) is 3.68. The van der Waals surface area contributed by atoms with E-state index in [-0.39, 0.29) is 5.91 Å². The molecule has 0 spiro atoms. The number of amides is 1. The summed E-state index contributed by atoms with van der Waals surface area (Å²) in [7, 11) is 0. The van der Waals surface area contributed by atoms with E-state index < -0.39 is 0 Å². The Kier molecular flexibility index (Phi) is 3.40. The number of hydrogen-bond acceptors (Lipinski definition) is 4. The number of anilines is 1. The first-order valence-electron chi connectivity index (χ1n) is 5.25. The molecule has 0 atom stereocenters. The molecule has 2 aromatic rings. The molecule has 0 fully saturated rings. The number of aromatic nitrogens is 1. The van der Waals surface area contributed by atoms with E-state index >= 15 is 0 Å². The van der Waals surface area contributed by atoms with E-state index in [2.05, 4.69) is 10.5 Å². The van der Waals surface area contributed by atoms with Gasteiger partial charge < -0.3 is 15.6 Å². The second kappa shape index (κ2) is 5.16. The number of nitrogens with zero attached hydrogens (tertiary/aromatic N) is 1.